The Kier molecular flexibility index (Phi) is 5.59. The lowest BCUT2D eigenvalue weighted by Crippen LogP contribution is -2.32. The summed E-state index contributed by atoms with van der Waals surface area (Å²) in [6.07, 6.45) is 0.333. The molecule has 0 saturated carbocycles. The molecular weight excluding hydrogens is 322 g/mol. The van der Waals surface area contributed by atoms with Gasteiger partial charge in [0, 0.05) is 7.05 Å². The zero-order valence-electron chi connectivity index (χ0n) is 12.4. The maximum Gasteiger partial charge on any atom is 0.408 e. The molecule has 2 N–H and O–H groups in total. The van der Waals surface area contributed by atoms with Crippen LogP contribution in [0.4, 0.5) is 4.79 Å². The number of carbonyl (C=O) groups excluding carboxylic acids is 1. The molecule has 0 aliphatic rings. The minimum Gasteiger partial charge on any atom is -0.481 e. The van der Waals surface area contributed by atoms with Gasteiger partial charge in [-0.1, -0.05) is 41.9 Å². The Balaban J connectivity index is 2.03. The van der Waals surface area contributed by atoms with E-state index in [-0.39, 0.29) is 18.1 Å². The molecule has 0 aliphatic heterocycles. The summed E-state index contributed by atoms with van der Waals surface area (Å²) in [5.74, 6) is -1.07. The third-order valence-electron chi connectivity index (χ3n) is 3.15. The summed E-state index contributed by atoms with van der Waals surface area (Å²) in [5.41, 5.74) is 1.24. The number of ether oxygens (including phenoxy) is 1. The summed E-state index contributed by atoms with van der Waals surface area (Å²) >= 11 is 6.01. The second kappa shape index (κ2) is 7.64. The molecule has 0 aliphatic carbocycles. The summed E-state index contributed by atoms with van der Waals surface area (Å²) in [6.45, 7) is 0.0889. The summed E-state index contributed by atoms with van der Waals surface area (Å²) in [4.78, 5) is 23.0. The van der Waals surface area contributed by atoms with Crippen molar-refractivity contribution in [3.63, 3.8) is 0 Å². The Morgan fingerprint density at radius 1 is 1.39 bits per heavy atom. The summed E-state index contributed by atoms with van der Waals surface area (Å²) in [5, 5.41) is 15.8. The zero-order chi connectivity index (χ0) is 16.8. The number of amides is 1. The van der Waals surface area contributed by atoms with Gasteiger partial charge in [-0.05, 0) is 5.56 Å². The van der Waals surface area contributed by atoms with Crippen LogP contribution < -0.4 is 5.32 Å². The van der Waals surface area contributed by atoms with Crippen molar-refractivity contribution in [2.45, 2.75) is 19.1 Å². The van der Waals surface area contributed by atoms with Gasteiger partial charge in [0.2, 0.25) is 0 Å². The zero-order valence-corrected chi connectivity index (χ0v) is 13.2. The lowest BCUT2D eigenvalue weighted by molar-refractivity contribution is -0.137. The van der Waals surface area contributed by atoms with E-state index in [0.717, 1.165) is 5.56 Å². The topological polar surface area (TPSA) is 93.5 Å². The van der Waals surface area contributed by atoms with E-state index in [1.165, 1.54) is 10.9 Å². The summed E-state index contributed by atoms with van der Waals surface area (Å²) in [6, 6.07) is 8.32. The Labute approximate surface area is 137 Å². The average Bonchev–Trinajstić information content (AvgIpc) is 2.84. The number of benzene rings is 1. The van der Waals surface area contributed by atoms with Crippen LogP contribution in [-0.4, -0.2) is 26.9 Å². The summed E-state index contributed by atoms with van der Waals surface area (Å²) < 4.78 is 6.53. The van der Waals surface area contributed by atoms with Crippen LogP contribution in [-0.2, 0) is 23.2 Å². The molecule has 7 nitrogen and oxygen atoms in total. The number of carboxylic acids is 1. The number of rotatable bonds is 6. The van der Waals surface area contributed by atoms with Crippen molar-refractivity contribution in [2.24, 2.45) is 7.05 Å². The SMILES string of the molecule is Cn1ncc(Cl)c1[C@@H](CC(=O)O)NC(=O)OCc1ccccc1. The van der Waals surface area contributed by atoms with E-state index >= 15 is 0 Å². The molecule has 0 saturated heterocycles. The quantitative estimate of drug-likeness (QED) is 0.844. The number of aliphatic carboxylic acids is 1. The van der Waals surface area contributed by atoms with Gasteiger partial charge in [0.05, 0.1) is 29.4 Å². The molecule has 0 radical (unpaired) electrons. The maximum atomic E-state index is 11.9. The van der Waals surface area contributed by atoms with Gasteiger partial charge in [0.1, 0.15) is 6.61 Å². The minimum atomic E-state index is -1.07. The summed E-state index contributed by atoms with van der Waals surface area (Å²) in [7, 11) is 1.62. The molecule has 1 heterocycles. The van der Waals surface area contributed by atoms with Gasteiger partial charge in [0.15, 0.2) is 0 Å². The van der Waals surface area contributed by atoms with E-state index in [0.29, 0.717) is 5.69 Å². The highest BCUT2D eigenvalue weighted by Gasteiger charge is 2.24. The van der Waals surface area contributed by atoms with Crippen LogP contribution in [0.1, 0.15) is 23.7 Å². The van der Waals surface area contributed by atoms with Gasteiger partial charge in [-0.2, -0.15) is 5.10 Å². The fraction of sp³-hybridized carbons (Fsp3) is 0.267. The van der Waals surface area contributed by atoms with Gasteiger partial charge in [0.25, 0.3) is 0 Å². The van der Waals surface area contributed by atoms with E-state index < -0.39 is 18.1 Å². The number of alkyl carbamates (subject to hydrolysis) is 1. The standard InChI is InChI=1S/C15H16ClN3O4/c1-19-14(11(16)8-17-19)12(7-13(20)21)18-15(22)23-9-10-5-3-2-4-6-10/h2-6,8,12H,7,9H2,1H3,(H,18,22)(H,20,21)/t12-/m1/s1. The molecule has 1 atom stereocenters. The Morgan fingerprint density at radius 3 is 2.65 bits per heavy atom. The van der Waals surface area contributed by atoms with Crippen molar-refractivity contribution < 1.29 is 19.4 Å². The largest absolute Gasteiger partial charge is 0.481 e. The highest BCUT2D eigenvalue weighted by molar-refractivity contribution is 6.31. The first kappa shape index (κ1) is 16.8. The van der Waals surface area contributed by atoms with Crippen LogP contribution >= 0.6 is 11.6 Å². The molecule has 2 aromatic rings. The van der Waals surface area contributed by atoms with Gasteiger partial charge in [-0.3, -0.25) is 9.48 Å². The highest BCUT2D eigenvalue weighted by Crippen LogP contribution is 2.24. The smallest absolute Gasteiger partial charge is 0.408 e. The van der Waals surface area contributed by atoms with Crippen LogP contribution in [0.25, 0.3) is 0 Å². The van der Waals surface area contributed by atoms with E-state index in [9.17, 15) is 9.59 Å². The molecule has 1 aromatic heterocycles. The molecule has 8 heteroatoms. The van der Waals surface area contributed by atoms with Crippen LogP contribution in [0, 0.1) is 0 Å². The number of carboxylic acid groups (broad SMARTS) is 1. The van der Waals surface area contributed by atoms with E-state index in [4.69, 9.17) is 21.4 Å². The number of aryl methyl sites for hydroxylation is 1. The first-order valence-corrected chi connectivity index (χ1v) is 7.21. The van der Waals surface area contributed by atoms with Crippen molar-refractivity contribution in [3.8, 4) is 0 Å². The van der Waals surface area contributed by atoms with Gasteiger partial charge in [-0.25, -0.2) is 4.79 Å². The molecular formula is C15H16ClN3O4. The van der Waals surface area contributed by atoms with Gasteiger partial charge >= 0.3 is 12.1 Å². The lowest BCUT2D eigenvalue weighted by Gasteiger charge is -2.17. The third-order valence-corrected chi connectivity index (χ3v) is 3.44. The Hall–Kier alpha value is -2.54. The monoisotopic (exact) mass is 337 g/mol. The second-order valence-electron chi connectivity index (χ2n) is 4.86. The number of nitrogens with zero attached hydrogens (tertiary/aromatic N) is 2. The molecule has 0 bridgehead atoms. The molecule has 122 valence electrons. The molecule has 1 amide bonds. The number of aromatic nitrogens is 2. The number of hydrogen-bond donors (Lipinski definition) is 2. The van der Waals surface area contributed by atoms with E-state index in [1.54, 1.807) is 7.05 Å². The molecule has 0 spiro atoms. The predicted octanol–water partition coefficient (Wildman–Crippen LogP) is 2.52. The van der Waals surface area contributed by atoms with Crippen molar-refractivity contribution in [2.75, 3.05) is 0 Å². The van der Waals surface area contributed by atoms with Gasteiger partial charge in [-0.15, -0.1) is 0 Å². The number of carbonyl (C=O) groups is 2. The Bertz CT molecular complexity index is 668. The number of nitrogens with one attached hydrogen (secondary N) is 1. The molecule has 0 fully saturated rings. The predicted molar refractivity (Wildman–Crippen MR) is 83.0 cm³/mol. The van der Waals surface area contributed by atoms with Crippen molar-refractivity contribution in [3.05, 3.63) is 52.8 Å². The molecule has 0 unspecified atom stereocenters. The average molecular weight is 338 g/mol. The van der Waals surface area contributed by atoms with Crippen LogP contribution in [0.15, 0.2) is 36.5 Å². The third kappa shape index (κ3) is 4.72. The minimum absolute atomic E-state index is 0.0889. The first-order chi connectivity index (χ1) is 11.0. The number of hydrogen-bond acceptors (Lipinski definition) is 4. The first-order valence-electron chi connectivity index (χ1n) is 6.83. The Morgan fingerprint density at radius 2 is 2.09 bits per heavy atom. The molecule has 23 heavy (non-hydrogen) atoms. The van der Waals surface area contributed by atoms with Crippen LogP contribution in [0.3, 0.4) is 0 Å². The molecule has 2 rings (SSSR count). The molecule has 1 aromatic carbocycles. The number of halogens is 1. The van der Waals surface area contributed by atoms with Gasteiger partial charge < -0.3 is 15.2 Å². The van der Waals surface area contributed by atoms with Crippen molar-refractivity contribution in [1.82, 2.24) is 15.1 Å². The van der Waals surface area contributed by atoms with E-state index in [2.05, 4.69) is 10.4 Å². The normalized spacial score (nSPS) is 11.7. The highest BCUT2D eigenvalue weighted by atomic mass is 35.5. The van der Waals surface area contributed by atoms with Crippen LogP contribution in [0.2, 0.25) is 5.02 Å². The fourth-order valence-electron chi connectivity index (χ4n) is 2.11. The van der Waals surface area contributed by atoms with Crippen molar-refractivity contribution in [1.29, 1.82) is 0 Å². The maximum absolute atomic E-state index is 11.9. The second-order valence-corrected chi connectivity index (χ2v) is 5.27. The lowest BCUT2D eigenvalue weighted by atomic mass is 10.1. The van der Waals surface area contributed by atoms with Crippen molar-refractivity contribution >= 4 is 23.7 Å². The van der Waals surface area contributed by atoms with E-state index in [1.807, 2.05) is 30.3 Å². The fourth-order valence-corrected chi connectivity index (χ4v) is 2.41. The van der Waals surface area contributed by atoms with Crippen LogP contribution in [0.5, 0.6) is 0 Å².